The maximum Gasteiger partial charge on any atom is 0.165 e. The number of aromatic nitrogens is 1. The van der Waals surface area contributed by atoms with Gasteiger partial charge in [-0.1, -0.05) is 0 Å². The highest BCUT2D eigenvalue weighted by molar-refractivity contribution is 5.63. The molecule has 0 unspecified atom stereocenters. The van der Waals surface area contributed by atoms with Crippen LogP contribution in [0.4, 0.5) is 21.6 Å². The van der Waals surface area contributed by atoms with Crippen LogP contribution in [0.1, 0.15) is 11.3 Å². The van der Waals surface area contributed by atoms with Crippen LogP contribution in [-0.4, -0.2) is 4.98 Å². The highest BCUT2D eigenvalue weighted by Crippen LogP contribution is 2.21. The van der Waals surface area contributed by atoms with E-state index in [9.17, 15) is 4.39 Å². The van der Waals surface area contributed by atoms with E-state index in [0.717, 1.165) is 11.3 Å². The highest BCUT2D eigenvalue weighted by Gasteiger charge is 2.04. The smallest absolute Gasteiger partial charge is 0.165 e. The minimum absolute atomic E-state index is 0.166. The molecule has 2 rings (SSSR count). The van der Waals surface area contributed by atoms with Crippen molar-refractivity contribution in [3.05, 3.63) is 47.4 Å². The second-order valence-corrected chi connectivity index (χ2v) is 3.83. The van der Waals surface area contributed by atoms with E-state index in [1.165, 1.54) is 12.1 Å². The third kappa shape index (κ3) is 2.38. The second kappa shape index (κ2) is 4.72. The number of hydrogen-bond acceptors (Lipinski definition) is 4. The number of pyridine rings is 1. The SMILES string of the molecule is Cc1cc(F)ccc1Nc1ccc(N)c(C#N)n1. The van der Waals surface area contributed by atoms with Crippen LogP contribution in [0, 0.1) is 24.1 Å². The number of nitrogens with zero attached hydrogens (tertiary/aromatic N) is 2. The molecule has 2 aromatic rings. The second-order valence-electron chi connectivity index (χ2n) is 3.83. The van der Waals surface area contributed by atoms with Crippen molar-refractivity contribution < 1.29 is 4.39 Å². The van der Waals surface area contributed by atoms with E-state index in [2.05, 4.69) is 10.3 Å². The molecule has 0 spiro atoms. The summed E-state index contributed by atoms with van der Waals surface area (Å²) in [6, 6.07) is 9.58. The first-order chi connectivity index (χ1) is 8.60. The Hall–Kier alpha value is -2.61. The van der Waals surface area contributed by atoms with Crippen molar-refractivity contribution in [1.29, 1.82) is 5.26 Å². The summed E-state index contributed by atoms with van der Waals surface area (Å²) in [5.74, 6) is 0.205. The summed E-state index contributed by atoms with van der Waals surface area (Å²) in [4.78, 5) is 4.06. The lowest BCUT2D eigenvalue weighted by Gasteiger charge is -2.09. The van der Waals surface area contributed by atoms with Crippen molar-refractivity contribution in [2.24, 2.45) is 0 Å². The van der Waals surface area contributed by atoms with Gasteiger partial charge in [-0.2, -0.15) is 5.26 Å². The van der Waals surface area contributed by atoms with Gasteiger partial charge in [0.05, 0.1) is 5.69 Å². The molecule has 3 N–H and O–H groups in total. The first-order valence-electron chi connectivity index (χ1n) is 5.30. The minimum Gasteiger partial charge on any atom is -0.396 e. The normalized spacial score (nSPS) is 9.83. The fourth-order valence-electron chi connectivity index (χ4n) is 1.53. The summed E-state index contributed by atoms with van der Waals surface area (Å²) in [5.41, 5.74) is 7.57. The largest absolute Gasteiger partial charge is 0.396 e. The van der Waals surface area contributed by atoms with Gasteiger partial charge in [-0.15, -0.1) is 0 Å². The molecule has 1 heterocycles. The molecule has 1 aromatic carbocycles. The summed E-state index contributed by atoms with van der Waals surface area (Å²) in [6.45, 7) is 1.79. The van der Waals surface area contributed by atoms with Crippen molar-refractivity contribution in [3.63, 3.8) is 0 Å². The Balaban J connectivity index is 2.32. The molecule has 18 heavy (non-hydrogen) atoms. The molecule has 0 aliphatic rings. The fraction of sp³-hybridized carbons (Fsp3) is 0.0769. The number of rotatable bonds is 2. The third-order valence-electron chi connectivity index (χ3n) is 2.48. The van der Waals surface area contributed by atoms with E-state index in [4.69, 9.17) is 11.0 Å². The number of halogens is 1. The zero-order chi connectivity index (χ0) is 13.1. The van der Waals surface area contributed by atoms with Gasteiger partial charge < -0.3 is 11.1 Å². The summed E-state index contributed by atoms with van der Waals surface area (Å²) >= 11 is 0. The van der Waals surface area contributed by atoms with Crippen molar-refractivity contribution in [2.45, 2.75) is 6.92 Å². The quantitative estimate of drug-likeness (QED) is 0.849. The van der Waals surface area contributed by atoms with E-state index in [0.29, 0.717) is 11.5 Å². The van der Waals surface area contributed by atoms with Gasteiger partial charge in [0.25, 0.3) is 0 Å². The van der Waals surface area contributed by atoms with Crippen LogP contribution in [0.5, 0.6) is 0 Å². The molecule has 0 radical (unpaired) electrons. The van der Waals surface area contributed by atoms with Crippen LogP contribution in [0.2, 0.25) is 0 Å². The summed E-state index contributed by atoms with van der Waals surface area (Å²) < 4.78 is 13.0. The molecule has 0 saturated carbocycles. The summed E-state index contributed by atoms with van der Waals surface area (Å²) in [5, 5.41) is 11.8. The van der Waals surface area contributed by atoms with Crippen molar-refractivity contribution in [1.82, 2.24) is 4.98 Å². The Labute approximate surface area is 104 Å². The fourth-order valence-corrected chi connectivity index (χ4v) is 1.53. The molecule has 0 amide bonds. The molecule has 90 valence electrons. The molecule has 0 aliphatic heterocycles. The average molecular weight is 242 g/mol. The number of hydrogen-bond donors (Lipinski definition) is 2. The topological polar surface area (TPSA) is 74.7 Å². The van der Waals surface area contributed by atoms with Crippen molar-refractivity contribution in [2.75, 3.05) is 11.1 Å². The first-order valence-corrected chi connectivity index (χ1v) is 5.30. The van der Waals surface area contributed by atoms with Crippen LogP contribution >= 0.6 is 0 Å². The van der Waals surface area contributed by atoms with Gasteiger partial charge >= 0.3 is 0 Å². The Morgan fingerprint density at radius 3 is 2.78 bits per heavy atom. The zero-order valence-corrected chi connectivity index (χ0v) is 9.74. The van der Waals surface area contributed by atoms with Crippen molar-refractivity contribution >= 4 is 17.2 Å². The number of nitriles is 1. The lowest BCUT2D eigenvalue weighted by molar-refractivity contribution is 0.627. The van der Waals surface area contributed by atoms with Crippen LogP contribution in [0.25, 0.3) is 0 Å². The van der Waals surface area contributed by atoms with Gasteiger partial charge in [0.15, 0.2) is 5.69 Å². The number of anilines is 3. The molecule has 4 nitrogen and oxygen atoms in total. The van der Waals surface area contributed by atoms with Gasteiger partial charge in [-0.25, -0.2) is 9.37 Å². The van der Waals surface area contributed by atoms with Gasteiger partial charge in [0, 0.05) is 5.69 Å². The van der Waals surface area contributed by atoms with E-state index in [1.807, 2.05) is 6.07 Å². The predicted octanol–water partition coefficient (Wildman–Crippen LogP) is 2.73. The molecule has 1 aromatic heterocycles. The van der Waals surface area contributed by atoms with E-state index in [1.54, 1.807) is 25.1 Å². The molecule has 0 bridgehead atoms. The number of nitrogens with two attached hydrogens (primary N) is 1. The highest BCUT2D eigenvalue weighted by atomic mass is 19.1. The van der Waals surface area contributed by atoms with Gasteiger partial charge in [0.2, 0.25) is 0 Å². The minimum atomic E-state index is -0.291. The molecule has 0 fully saturated rings. The van der Waals surface area contributed by atoms with E-state index in [-0.39, 0.29) is 11.5 Å². The number of nitrogen functional groups attached to an aromatic ring is 1. The molecule has 0 atom stereocenters. The van der Waals surface area contributed by atoms with E-state index >= 15 is 0 Å². The summed E-state index contributed by atoms with van der Waals surface area (Å²) in [7, 11) is 0. The number of benzene rings is 1. The monoisotopic (exact) mass is 242 g/mol. The number of aryl methyl sites for hydroxylation is 1. The molecular weight excluding hydrogens is 231 g/mol. The first kappa shape index (κ1) is 11.9. The molecule has 5 heteroatoms. The Morgan fingerprint density at radius 2 is 2.11 bits per heavy atom. The standard InChI is InChI=1S/C13H11FN4/c1-8-6-9(14)2-4-11(8)17-13-5-3-10(16)12(7-15)18-13/h2-6H,16H2,1H3,(H,17,18). The lowest BCUT2D eigenvalue weighted by atomic mass is 10.2. The number of nitrogens with one attached hydrogen (secondary N) is 1. The Kier molecular flexibility index (Phi) is 3.11. The molecule has 0 saturated heterocycles. The molecular formula is C13H11FN4. The Morgan fingerprint density at radius 1 is 1.33 bits per heavy atom. The van der Waals surface area contributed by atoms with Gasteiger partial charge in [-0.05, 0) is 42.8 Å². The summed E-state index contributed by atoms with van der Waals surface area (Å²) in [6.07, 6.45) is 0. The van der Waals surface area contributed by atoms with Gasteiger partial charge in [-0.3, -0.25) is 0 Å². The van der Waals surface area contributed by atoms with Crippen LogP contribution in [0.3, 0.4) is 0 Å². The van der Waals surface area contributed by atoms with Crippen LogP contribution < -0.4 is 11.1 Å². The van der Waals surface area contributed by atoms with Crippen molar-refractivity contribution in [3.8, 4) is 6.07 Å². The van der Waals surface area contributed by atoms with Crippen LogP contribution in [0.15, 0.2) is 30.3 Å². The zero-order valence-electron chi connectivity index (χ0n) is 9.74. The maximum atomic E-state index is 13.0. The maximum absolute atomic E-state index is 13.0. The predicted molar refractivity (Wildman–Crippen MR) is 67.8 cm³/mol. The average Bonchev–Trinajstić information content (AvgIpc) is 2.35. The Bertz CT molecular complexity index is 631. The lowest BCUT2D eigenvalue weighted by Crippen LogP contribution is -2.00. The van der Waals surface area contributed by atoms with Crippen LogP contribution in [-0.2, 0) is 0 Å². The molecule has 0 aliphatic carbocycles. The van der Waals surface area contributed by atoms with E-state index < -0.39 is 0 Å². The third-order valence-corrected chi connectivity index (χ3v) is 2.48. The van der Waals surface area contributed by atoms with Gasteiger partial charge in [0.1, 0.15) is 17.7 Å².